The van der Waals surface area contributed by atoms with E-state index in [1.54, 1.807) is 43.5 Å². The number of esters is 1. The van der Waals surface area contributed by atoms with Crippen molar-refractivity contribution in [3.05, 3.63) is 90.3 Å². The van der Waals surface area contributed by atoms with Gasteiger partial charge in [0.05, 0.1) is 14.2 Å². The van der Waals surface area contributed by atoms with Crippen molar-refractivity contribution in [1.29, 1.82) is 0 Å². The number of rotatable bonds is 7. The molecular weight excluding hydrogens is 418 g/mol. The molecule has 0 spiro atoms. The van der Waals surface area contributed by atoms with Crippen LogP contribution in [0, 0.1) is 0 Å². The molecule has 4 rings (SSSR count). The molecule has 1 aromatic heterocycles. The first kappa shape index (κ1) is 22.0. The lowest BCUT2D eigenvalue weighted by atomic mass is 9.96. The lowest BCUT2D eigenvalue weighted by molar-refractivity contribution is 0.0589. The Labute approximate surface area is 192 Å². The van der Waals surface area contributed by atoms with Gasteiger partial charge in [0.25, 0.3) is 0 Å². The molecule has 0 saturated carbocycles. The highest BCUT2D eigenvalue weighted by atomic mass is 16.5. The molecule has 168 valence electrons. The quantitative estimate of drug-likeness (QED) is 0.380. The van der Waals surface area contributed by atoms with Crippen LogP contribution in [0.2, 0.25) is 0 Å². The summed E-state index contributed by atoms with van der Waals surface area (Å²) in [6.07, 6.45) is 2.64. The molecule has 0 fully saturated rings. The van der Waals surface area contributed by atoms with Crippen LogP contribution in [-0.2, 0) is 17.7 Å². The SMILES string of the molecule is COC(=O)c1c(-c2ccc(O)cc2)c(-c2ccc(O)cc2)cn1CCc1ccc(OC)cc1. The molecular formula is C27H25NO5. The summed E-state index contributed by atoms with van der Waals surface area (Å²) in [5.41, 5.74) is 4.71. The molecule has 0 amide bonds. The van der Waals surface area contributed by atoms with E-state index in [0.29, 0.717) is 24.2 Å². The molecule has 33 heavy (non-hydrogen) atoms. The Balaban J connectivity index is 1.82. The Morgan fingerprint density at radius 3 is 1.94 bits per heavy atom. The van der Waals surface area contributed by atoms with Crippen LogP contribution in [0.5, 0.6) is 17.2 Å². The van der Waals surface area contributed by atoms with Crippen LogP contribution in [0.3, 0.4) is 0 Å². The number of carbonyl (C=O) groups is 1. The minimum absolute atomic E-state index is 0.142. The summed E-state index contributed by atoms with van der Waals surface area (Å²) in [6, 6.07) is 21.4. The number of hydrogen-bond donors (Lipinski definition) is 2. The maximum atomic E-state index is 12.9. The Morgan fingerprint density at radius 2 is 1.39 bits per heavy atom. The van der Waals surface area contributed by atoms with Crippen LogP contribution < -0.4 is 4.74 Å². The highest BCUT2D eigenvalue weighted by molar-refractivity contribution is 6.01. The molecule has 6 heteroatoms. The predicted octanol–water partition coefficient (Wildman–Crippen LogP) is 5.27. The van der Waals surface area contributed by atoms with Crippen LogP contribution in [0.25, 0.3) is 22.3 Å². The van der Waals surface area contributed by atoms with E-state index >= 15 is 0 Å². The standard InChI is InChI=1S/C27H25NO5/c1-32-23-13-3-18(4-14-23)15-16-28-17-24(19-5-9-21(29)10-6-19)25(26(28)27(31)33-2)20-7-11-22(30)12-8-20/h3-14,17,29-30H,15-16H2,1-2H3. The summed E-state index contributed by atoms with van der Waals surface area (Å²) < 4.78 is 12.3. The zero-order chi connectivity index (χ0) is 23.4. The average Bonchev–Trinajstić information content (AvgIpc) is 3.23. The number of nitrogens with zero attached hydrogens (tertiary/aromatic N) is 1. The zero-order valence-corrected chi connectivity index (χ0v) is 18.5. The fourth-order valence-corrected chi connectivity index (χ4v) is 3.87. The van der Waals surface area contributed by atoms with Gasteiger partial charge in [0.2, 0.25) is 0 Å². The molecule has 0 unspecified atom stereocenters. The number of carbonyl (C=O) groups excluding carboxylic acids is 1. The predicted molar refractivity (Wildman–Crippen MR) is 127 cm³/mol. The Bertz CT molecular complexity index is 1240. The van der Waals surface area contributed by atoms with Gasteiger partial charge in [-0.15, -0.1) is 0 Å². The molecule has 3 aromatic carbocycles. The second-order valence-electron chi connectivity index (χ2n) is 7.64. The van der Waals surface area contributed by atoms with Gasteiger partial charge < -0.3 is 24.3 Å². The summed E-state index contributed by atoms with van der Waals surface area (Å²) >= 11 is 0. The van der Waals surface area contributed by atoms with Gasteiger partial charge in [0.1, 0.15) is 22.9 Å². The van der Waals surface area contributed by atoms with E-state index in [1.165, 1.54) is 7.11 Å². The number of aromatic nitrogens is 1. The maximum Gasteiger partial charge on any atom is 0.355 e. The van der Waals surface area contributed by atoms with E-state index in [2.05, 4.69) is 0 Å². The van der Waals surface area contributed by atoms with Crippen LogP contribution in [-0.4, -0.2) is 35.0 Å². The van der Waals surface area contributed by atoms with Crippen molar-refractivity contribution in [3.63, 3.8) is 0 Å². The molecule has 4 aromatic rings. The third kappa shape index (κ3) is 4.70. The molecule has 0 aliphatic heterocycles. The first-order chi connectivity index (χ1) is 16.0. The first-order valence-electron chi connectivity index (χ1n) is 10.5. The highest BCUT2D eigenvalue weighted by Gasteiger charge is 2.24. The molecule has 0 bridgehead atoms. The van der Waals surface area contributed by atoms with Crippen molar-refractivity contribution in [2.45, 2.75) is 13.0 Å². The van der Waals surface area contributed by atoms with Gasteiger partial charge in [-0.05, 0) is 59.5 Å². The maximum absolute atomic E-state index is 12.9. The smallest absolute Gasteiger partial charge is 0.355 e. The lowest BCUT2D eigenvalue weighted by Gasteiger charge is -2.11. The van der Waals surface area contributed by atoms with E-state index in [0.717, 1.165) is 28.0 Å². The zero-order valence-electron chi connectivity index (χ0n) is 18.5. The van der Waals surface area contributed by atoms with Gasteiger partial charge in [-0.2, -0.15) is 0 Å². The van der Waals surface area contributed by atoms with Gasteiger partial charge in [0, 0.05) is 23.9 Å². The minimum atomic E-state index is -0.446. The fourth-order valence-electron chi connectivity index (χ4n) is 3.87. The average molecular weight is 443 g/mol. The van der Waals surface area contributed by atoms with Crippen LogP contribution in [0.4, 0.5) is 0 Å². The molecule has 0 aliphatic rings. The second kappa shape index (κ2) is 9.53. The van der Waals surface area contributed by atoms with Crippen molar-refractivity contribution in [3.8, 4) is 39.5 Å². The van der Waals surface area contributed by atoms with Crippen LogP contribution >= 0.6 is 0 Å². The largest absolute Gasteiger partial charge is 0.508 e. The van der Waals surface area contributed by atoms with E-state index in [9.17, 15) is 15.0 Å². The third-order valence-corrected chi connectivity index (χ3v) is 5.59. The molecule has 0 atom stereocenters. The summed E-state index contributed by atoms with van der Waals surface area (Å²) in [4.78, 5) is 12.9. The number of aromatic hydroxyl groups is 2. The van der Waals surface area contributed by atoms with Crippen LogP contribution in [0.1, 0.15) is 16.1 Å². The molecule has 0 aliphatic carbocycles. The number of phenolic OH excluding ortho intramolecular Hbond substituents is 2. The van der Waals surface area contributed by atoms with Crippen molar-refractivity contribution in [2.24, 2.45) is 0 Å². The highest BCUT2D eigenvalue weighted by Crippen LogP contribution is 2.38. The van der Waals surface area contributed by atoms with E-state index in [1.807, 2.05) is 47.2 Å². The summed E-state index contributed by atoms with van der Waals surface area (Å²) in [5, 5.41) is 19.5. The van der Waals surface area contributed by atoms with E-state index in [-0.39, 0.29) is 11.5 Å². The Kier molecular flexibility index (Phi) is 6.36. The summed E-state index contributed by atoms with van der Waals surface area (Å²) in [6.45, 7) is 0.555. The number of benzene rings is 3. The van der Waals surface area contributed by atoms with Gasteiger partial charge in [-0.25, -0.2) is 4.79 Å². The number of phenols is 2. The van der Waals surface area contributed by atoms with E-state index < -0.39 is 5.97 Å². The van der Waals surface area contributed by atoms with Gasteiger partial charge in [-0.3, -0.25) is 0 Å². The van der Waals surface area contributed by atoms with Crippen molar-refractivity contribution in [2.75, 3.05) is 14.2 Å². The van der Waals surface area contributed by atoms with Crippen molar-refractivity contribution in [1.82, 2.24) is 4.57 Å². The second-order valence-corrected chi connectivity index (χ2v) is 7.64. The van der Waals surface area contributed by atoms with Crippen LogP contribution in [0.15, 0.2) is 79.0 Å². The van der Waals surface area contributed by atoms with Crippen molar-refractivity contribution < 1.29 is 24.5 Å². The van der Waals surface area contributed by atoms with Gasteiger partial charge in [0.15, 0.2) is 0 Å². The fraction of sp³-hybridized carbons (Fsp3) is 0.148. The molecule has 6 nitrogen and oxygen atoms in total. The first-order valence-corrected chi connectivity index (χ1v) is 10.5. The number of methoxy groups -OCH3 is 2. The molecule has 1 heterocycles. The Hall–Kier alpha value is -4.19. The molecule has 2 N–H and O–H groups in total. The third-order valence-electron chi connectivity index (χ3n) is 5.59. The van der Waals surface area contributed by atoms with Crippen molar-refractivity contribution >= 4 is 5.97 Å². The summed E-state index contributed by atoms with van der Waals surface area (Å²) in [5.74, 6) is 0.651. The number of aryl methyl sites for hydroxylation is 2. The Morgan fingerprint density at radius 1 is 0.818 bits per heavy atom. The molecule has 0 radical (unpaired) electrons. The number of ether oxygens (including phenoxy) is 2. The van der Waals surface area contributed by atoms with E-state index in [4.69, 9.17) is 9.47 Å². The number of hydrogen-bond acceptors (Lipinski definition) is 5. The normalized spacial score (nSPS) is 10.7. The topological polar surface area (TPSA) is 80.9 Å². The van der Waals surface area contributed by atoms with Gasteiger partial charge >= 0.3 is 5.97 Å². The van der Waals surface area contributed by atoms with Gasteiger partial charge in [-0.1, -0.05) is 36.4 Å². The minimum Gasteiger partial charge on any atom is -0.508 e. The monoisotopic (exact) mass is 443 g/mol. The lowest BCUT2D eigenvalue weighted by Crippen LogP contribution is -2.12. The molecule has 0 saturated heterocycles. The summed E-state index contributed by atoms with van der Waals surface area (Å²) in [7, 11) is 3.00.